The van der Waals surface area contributed by atoms with E-state index < -0.39 is 0 Å². The van der Waals surface area contributed by atoms with Crippen LogP contribution in [0.4, 0.5) is 5.82 Å². The SMILES string of the molecule is COc1cc(C2=NN(c3ncnc4ccsc34)C(C)CC2)ccc1Cl. The summed E-state index contributed by atoms with van der Waals surface area (Å²) in [6, 6.07) is 8.06. The quantitative estimate of drug-likeness (QED) is 0.666. The summed E-state index contributed by atoms with van der Waals surface area (Å²) < 4.78 is 6.40. The van der Waals surface area contributed by atoms with E-state index in [0.29, 0.717) is 10.8 Å². The standard InChI is InChI=1S/C18H17ClN4OS/c1-11-3-6-14(12-4-5-13(19)16(9-12)24-2)22-23(11)18-17-15(7-8-25-17)20-10-21-18/h4-5,7-11H,3,6H2,1-2H3. The Labute approximate surface area is 154 Å². The second-order valence-electron chi connectivity index (χ2n) is 5.96. The van der Waals surface area contributed by atoms with Gasteiger partial charge in [0.25, 0.3) is 0 Å². The molecule has 0 radical (unpaired) electrons. The van der Waals surface area contributed by atoms with E-state index in [2.05, 4.69) is 16.9 Å². The molecule has 3 aromatic rings. The summed E-state index contributed by atoms with van der Waals surface area (Å²) in [5, 5.41) is 9.55. The van der Waals surface area contributed by atoms with Gasteiger partial charge in [0.15, 0.2) is 5.82 Å². The predicted molar refractivity (Wildman–Crippen MR) is 103 cm³/mol. The third-order valence-electron chi connectivity index (χ3n) is 4.37. The molecule has 5 nitrogen and oxygen atoms in total. The molecular weight excluding hydrogens is 356 g/mol. The van der Waals surface area contributed by atoms with Crippen LogP contribution in [0, 0.1) is 0 Å². The van der Waals surface area contributed by atoms with Crippen LogP contribution in [0.15, 0.2) is 41.1 Å². The van der Waals surface area contributed by atoms with Crippen molar-refractivity contribution in [2.24, 2.45) is 5.10 Å². The highest BCUT2D eigenvalue weighted by molar-refractivity contribution is 7.17. The van der Waals surface area contributed by atoms with Crippen LogP contribution in [0.2, 0.25) is 5.02 Å². The normalized spacial score (nSPS) is 17.6. The van der Waals surface area contributed by atoms with Crippen LogP contribution in [0.5, 0.6) is 5.75 Å². The number of hydrazone groups is 1. The Bertz CT molecular complexity index is 955. The largest absolute Gasteiger partial charge is 0.495 e. The molecule has 0 saturated heterocycles. The van der Waals surface area contributed by atoms with Gasteiger partial charge in [0.1, 0.15) is 12.1 Å². The van der Waals surface area contributed by atoms with Crippen molar-refractivity contribution >= 4 is 44.7 Å². The number of benzene rings is 1. The Hall–Kier alpha value is -2.18. The second-order valence-corrected chi connectivity index (χ2v) is 7.28. The van der Waals surface area contributed by atoms with E-state index in [9.17, 15) is 0 Å². The van der Waals surface area contributed by atoms with Crippen LogP contribution < -0.4 is 9.75 Å². The molecule has 0 bridgehead atoms. The molecule has 128 valence electrons. The number of halogens is 1. The number of ether oxygens (including phenoxy) is 1. The van der Waals surface area contributed by atoms with Gasteiger partial charge in [-0.1, -0.05) is 17.7 Å². The highest BCUT2D eigenvalue weighted by Crippen LogP contribution is 2.33. The number of nitrogens with zero attached hydrogens (tertiary/aromatic N) is 4. The zero-order chi connectivity index (χ0) is 17.4. The van der Waals surface area contributed by atoms with Gasteiger partial charge in [0.05, 0.1) is 34.1 Å². The minimum atomic E-state index is 0.276. The number of anilines is 1. The monoisotopic (exact) mass is 372 g/mol. The van der Waals surface area contributed by atoms with Gasteiger partial charge in [-0.3, -0.25) is 0 Å². The molecule has 1 aromatic carbocycles. The number of aromatic nitrogens is 2. The summed E-state index contributed by atoms with van der Waals surface area (Å²) in [5.74, 6) is 1.53. The van der Waals surface area contributed by atoms with Crippen molar-refractivity contribution in [3.63, 3.8) is 0 Å². The third-order valence-corrected chi connectivity index (χ3v) is 5.58. The molecule has 0 amide bonds. The van der Waals surface area contributed by atoms with Crippen molar-refractivity contribution < 1.29 is 4.74 Å². The van der Waals surface area contributed by atoms with Gasteiger partial charge >= 0.3 is 0 Å². The van der Waals surface area contributed by atoms with Gasteiger partial charge in [-0.15, -0.1) is 11.3 Å². The fraction of sp³-hybridized carbons (Fsp3) is 0.278. The molecule has 0 fully saturated rings. The Kier molecular flexibility index (Phi) is 4.31. The molecule has 0 N–H and O–H groups in total. The van der Waals surface area contributed by atoms with E-state index in [1.807, 2.05) is 34.7 Å². The molecule has 0 aliphatic carbocycles. The van der Waals surface area contributed by atoms with Crippen molar-refractivity contribution in [1.29, 1.82) is 0 Å². The fourth-order valence-electron chi connectivity index (χ4n) is 2.98. The predicted octanol–water partition coefficient (Wildman–Crippen LogP) is 4.75. The van der Waals surface area contributed by atoms with Crippen molar-refractivity contribution in [3.8, 4) is 5.75 Å². The van der Waals surface area contributed by atoms with Crippen LogP contribution in [0.25, 0.3) is 10.2 Å². The summed E-state index contributed by atoms with van der Waals surface area (Å²) in [5.41, 5.74) is 2.99. The van der Waals surface area contributed by atoms with Gasteiger partial charge in [0.2, 0.25) is 0 Å². The van der Waals surface area contributed by atoms with Crippen molar-refractivity contribution in [1.82, 2.24) is 9.97 Å². The topological polar surface area (TPSA) is 50.6 Å². The minimum Gasteiger partial charge on any atom is -0.495 e. The average molecular weight is 373 g/mol. The first-order valence-corrected chi connectivity index (χ1v) is 9.32. The number of rotatable bonds is 3. The fourth-order valence-corrected chi connectivity index (χ4v) is 4.00. The summed E-state index contributed by atoms with van der Waals surface area (Å²) in [6.45, 7) is 2.17. The highest BCUT2D eigenvalue weighted by Gasteiger charge is 2.25. The number of hydrogen-bond acceptors (Lipinski definition) is 6. The van der Waals surface area contributed by atoms with Gasteiger partial charge in [-0.2, -0.15) is 5.10 Å². The zero-order valence-electron chi connectivity index (χ0n) is 13.9. The lowest BCUT2D eigenvalue weighted by Gasteiger charge is -2.31. The van der Waals surface area contributed by atoms with Crippen molar-refractivity contribution in [2.45, 2.75) is 25.8 Å². The van der Waals surface area contributed by atoms with E-state index in [1.54, 1.807) is 24.8 Å². The summed E-state index contributed by atoms with van der Waals surface area (Å²) >= 11 is 7.79. The van der Waals surface area contributed by atoms with Gasteiger partial charge < -0.3 is 4.74 Å². The third kappa shape index (κ3) is 2.96. The minimum absolute atomic E-state index is 0.276. The maximum absolute atomic E-state index is 6.14. The van der Waals surface area contributed by atoms with Gasteiger partial charge in [-0.25, -0.2) is 15.0 Å². The Morgan fingerprint density at radius 3 is 3.00 bits per heavy atom. The molecular formula is C18H17ClN4OS. The number of fused-ring (bicyclic) bond motifs is 1. The maximum atomic E-state index is 6.14. The first kappa shape index (κ1) is 16.3. The molecule has 3 heterocycles. The molecule has 4 rings (SSSR count). The molecule has 25 heavy (non-hydrogen) atoms. The highest BCUT2D eigenvalue weighted by atomic mass is 35.5. The molecule has 2 aromatic heterocycles. The number of thiophene rings is 1. The van der Waals surface area contributed by atoms with Crippen LogP contribution in [0.3, 0.4) is 0 Å². The van der Waals surface area contributed by atoms with E-state index in [-0.39, 0.29) is 6.04 Å². The lowest BCUT2D eigenvalue weighted by Crippen LogP contribution is -2.34. The molecule has 7 heteroatoms. The van der Waals surface area contributed by atoms with E-state index >= 15 is 0 Å². The molecule has 1 aliphatic heterocycles. The van der Waals surface area contributed by atoms with Gasteiger partial charge in [0, 0.05) is 5.56 Å². The number of hydrogen-bond donors (Lipinski definition) is 0. The number of methoxy groups -OCH3 is 1. The Balaban J connectivity index is 1.78. The average Bonchev–Trinajstić information content (AvgIpc) is 3.11. The summed E-state index contributed by atoms with van der Waals surface area (Å²) in [4.78, 5) is 8.83. The van der Waals surface area contributed by atoms with Crippen LogP contribution >= 0.6 is 22.9 Å². The molecule has 0 saturated carbocycles. The van der Waals surface area contributed by atoms with Crippen LogP contribution in [-0.4, -0.2) is 28.8 Å². The van der Waals surface area contributed by atoms with Crippen molar-refractivity contribution in [3.05, 3.63) is 46.6 Å². The maximum Gasteiger partial charge on any atom is 0.170 e. The van der Waals surface area contributed by atoms with E-state index in [0.717, 1.165) is 40.2 Å². The molecule has 0 spiro atoms. The van der Waals surface area contributed by atoms with Crippen LogP contribution in [-0.2, 0) is 0 Å². The van der Waals surface area contributed by atoms with Crippen LogP contribution in [0.1, 0.15) is 25.3 Å². The summed E-state index contributed by atoms with van der Waals surface area (Å²) in [7, 11) is 1.62. The lowest BCUT2D eigenvalue weighted by atomic mass is 10.0. The zero-order valence-corrected chi connectivity index (χ0v) is 15.5. The van der Waals surface area contributed by atoms with E-state index in [4.69, 9.17) is 21.4 Å². The smallest absolute Gasteiger partial charge is 0.170 e. The first-order valence-electron chi connectivity index (χ1n) is 8.06. The molecule has 1 aliphatic rings. The molecule has 1 unspecified atom stereocenters. The van der Waals surface area contributed by atoms with Gasteiger partial charge in [-0.05, 0) is 43.3 Å². The Morgan fingerprint density at radius 1 is 1.28 bits per heavy atom. The van der Waals surface area contributed by atoms with Crippen molar-refractivity contribution in [2.75, 3.05) is 12.1 Å². The first-order chi connectivity index (χ1) is 12.2. The Morgan fingerprint density at radius 2 is 2.16 bits per heavy atom. The lowest BCUT2D eigenvalue weighted by molar-refractivity contribution is 0.415. The summed E-state index contributed by atoms with van der Waals surface area (Å²) in [6.07, 6.45) is 3.51. The second kappa shape index (κ2) is 6.61. The molecule has 1 atom stereocenters. The van der Waals surface area contributed by atoms with E-state index in [1.165, 1.54) is 0 Å².